The van der Waals surface area contributed by atoms with Crippen LogP contribution in [0.25, 0.3) is 0 Å². The lowest BCUT2D eigenvalue weighted by Gasteiger charge is -2.28. The Morgan fingerprint density at radius 1 is 1.43 bits per heavy atom. The van der Waals surface area contributed by atoms with E-state index in [1.54, 1.807) is 12.3 Å². The molecule has 0 radical (unpaired) electrons. The first kappa shape index (κ1) is 16.9. The second-order valence-corrected chi connectivity index (χ2v) is 8.43. The van der Waals surface area contributed by atoms with Gasteiger partial charge < -0.3 is 10.0 Å². The van der Waals surface area contributed by atoms with E-state index in [1.807, 2.05) is 0 Å². The molecule has 1 aromatic rings. The molecule has 0 spiro atoms. The number of nitrogens with zero attached hydrogens (tertiary/aromatic N) is 1. The fourth-order valence-electron chi connectivity index (χ4n) is 2.78. The minimum atomic E-state index is -3.51. The fourth-order valence-corrected chi connectivity index (χ4v) is 5.48. The van der Waals surface area contributed by atoms with Crippen LogP contribution >= 0.6 is 11.3 Å². The Bertz CT molecular complexity index is 561. The molecule has 0 saturated carbocycles. The van der Waals surface area contributed by atoms with Crippen LogP contribution in [0, 0.1) is 12.8 Å². The molecule has 1 aromatic heterocycles. The smallest absolute Gasteiger partial charge is 0.242 e. The van der Waals surface area contributed by atoms with Crippen molar-refractivity contribution in [1.82, 2.24) is 9.62 Å². The maximum Gasteiger partial charge on any atom is 0.242 e. The third kappa shape index (κ3) is 4.26. The van der Waals surface area contributed by atoms with Gasteiger partial charge in [-0.1, -0.05) is 0 Å². The van der Waals surface area contributed by atoms with Crippen molar-refractivity contribution in [3.05, 3.63) is 15.8 Å². The molecule has 0 aromatic carbocycles. The van der Waals surface area contributed by atoms with Gasteiger partial charge in [0.05, 0.1) is 11.5 Å². The van der Waals surface area contributed by atoms with E-state index in [1.165, 1.54) is 11.3 Å². The lowest BCUT2D eigenvalue weighted by Crippen LogP contribution is -2.33. The minimum absolute atomic E-state index is 0.232. The monoisotopic (exact) mass is 332 g/mol. The van der Waals surface area contributed by atoms with Crippen molar-refractivity contribution in [3.8, 4) is 0 Å². The largest absolute Gasteiger partial charge is 0.391 e. The summed E-state index contributed by atoms with van der Waals surface area (Å²) in [5.74, 6) is 0.602. The summed E-state index contributed by atoms with van der Waals surface area (Å²) in [5, 5.41) is 11.0. The van der Waals surface area contributed by atoms with Crippen molar-refractivity contribution < 1.29 is 13.5 Å². The molecular formula is C14H24N2O3S2. The first-order chi connectivity index (χ1) is 9.94. The van der Waals surface area contributed by atoms with Crippen LogP contribution in [0.1, 0.15) is 29.7 Å². The van der Waals surface area contributed by atoms with Crippen LogP contribution in [0.3, 0.4) is 0 Å². The van der Waals surface area contributed by atoms with Crippen LogP contribution in [0.2, 0.25) is 0 Å². The van der Waals surface area contributed by atoms with Crippen LogP contribution in [0.4, 0.5) is 0 Å². The number of aryl methyl sites for hydroxylation is 1. The van der Waals surface area contributed by atoms with Gasteiger partial charge in [-0.25, -0.2) is 13.1 Å². The summed E-state index contributed by atoms with van der Waals surface area (Å²) in [5.41, 5.74) is 0.704. The standard InChI is InChI=1S/C14H24N2O3S2/c1-11-10-20-13(9-17)14(11)21(18,19)15-6-3-12-4-7-16(2)8-5-12/h10,12,15,17H,3-9H2,1-2H3. The molecule has 120 valence electrons. The Morgan fingerprint density at radius 3 is 2.71 bits per heavy atom. The second-order valence-electron chi connectivity index (χ2n) is 5.76. The van der Waals surface area contributed by atoms with E-state index in [0.717, 1.165) is 32.4 Å². The van der Waals surface area contributed by atoms with E-state index < -0.39 is 10.0 Å². The highest BCUT2D eigenvalue weighted by Crippen LogP contribution is 2.27. The summed E-state index contributed by atoms with van der Waals surface area (Å²) in [7, 11) is -1.39. The Morgan fingerprint density at radius 2 is 2.10 bits per heavy atom. The second kappa shape index (κ2) is 7.19. The van der Waals surface area contributed by atoms with Crippen molar-refractivity contribution in [2.45, 2.75) is 37.7 Å². The topological polar surface area (TPSA) is 69.6 Å². The molecule has 1 aliphatic heterocycles. The number of hydrogen-bond donors (Lipinski definition) is 2. The molecule has 0 bridgehead atoms. The molecule has 7 heteroatoms. The fraction of sp³-hybridized carbons (Fsp3) is 0.714. The zero-order valence-corrected chi connectivity index (χ0v) is 14.3. The van der Waals surface area contributed by atoms with E-state index in [0.29, 0.717) is 22.9 Å². The Balaban J connectivity index is 1.91. The van der Waals surface area contributed by atoms with Gasteiger partial charge in [0.2, 0.25) is 10.0 Å². The highest BCUT2D eigenvalue weighted by molar-refractivity contribution is 7.89. The van der Waals surface area contributed by atoms with Gasteiger partial charge >= 0.3 is 0 Å². The van der Waals surface area contributed by atoms with Crippen molar-refractivity contribution in [2.75, 3.05) is 26.7 Å². The van der Waals surface area contributed by atoms with E-state index in [9.17, 15) is 13.5 Å². The molecule has 0 unspecified atom stereocenters. The molecule has 1 aliphatic rings. The normalized spacial score (nSPS) is 18.2. The summed E-state index contributed by atoms with van der Waals surface area (Å²) >= 11 is 1.29. The number of piperidine rings is 1. The van der Waals surface area contributed by atoms with Crippen molar-refractivity contribution in [1.29, 1.82) is 0 Å². The zero-order chi connectivity index (χ0) is 15.5. The molecule has 0 amide bonds. The van der Waals surface area contributed by atoms with Crippen LogP contribution in [0.15, 0.2) is 10.3 Å². The van der Waals surface area contributed by atoms with Crippen LogP contribution in [-0.4, -0.2) is 45.1 Å². The van der Waals surface area contributed by atoms with Gasteiger partial charge in [-0.3, -0.25) is 0 Å². The molecule has 0 aliphatic carbocycles. The SMILES string of the molecule is Cc1csc(CO)c1S(=O)(=O)NCCC1CCN(C)CC1. The zero-order valence-electron chi connectivity index (χ0n) is 12.6. The highest BCUT2D eigenvalue weighted by Gasteiger charge is 2.23. The van der Waals surface area contributed by atoms with E-state index in [4.69, 9.17) is 0 Å². The molecule has 1 saturated heterocycles. The molecule has 2 rings (SSSR count). The molecule has 21 heavy (non-hydrogen) atoms. The summed E-state index contributed by atoms with van der Waals surface area (Å²) in [6.07, 6.45) is 3.15. The highest BCUT2D eigenvalue weighted by atomic mass is 32.2. The quantitative estimate of drug-likeness (QED) is 0.829. The van der Waals surface area contributed by atoms with E-state index >= 15 is 0 Å². The first-order valence-corrected chi connectivity index (χ1v) is 9.66. The van der Waals surface area contributed by atoms with Gasteiger partial charge in [0, 0.05) is 6.54 Å². The van der Waals surface area contributed by atoms with Crippen LogP contribution in [0.5, 0.6) is 0 Å². The van der Waals surface area contributed by atoms with E-state index in [2.05, 4.69) is 16.7 Å². The maximum atomic E-state index is 12.4. The number of nitrogens with one attached hydrogen (secondary N) is 1. The van der Waals surface area contributed by atoms with Gasteiger partial charge in [-0.15, -0.1) is 11.3 Å². The number of aliphatic hydroxyl groups excluding tert-OH is 1. The molecule has 2 heterocycles. The Labute approximate surface area is 131 Å². The maximum absolute atomic E-state index is 12.4. The number of thiophene rings is 1. The van der Waals surface area contributed by atoms with Gasteiger partial charge in [0.1, 0.15) is 4.90 Å². The predicted molar refractivity (Wildman–Crippen MR) is 85.0 cm³/mol. The summed E-state index contributed by atoms with van der Waals surface area (Å²) in [6, 6.07) is 0. The molecule has 1 fully saturated rings. The van der Waals surface area contributed by atoms with Gasteiger partial charge in [-0.05, 0) is 63.2 Å². The Hall–Kier alpha value is -0.470. The van der Waals surface area contributed by atoms with Crippen molar-refractivity contribution in [2.24, 2.45) is 5.92 Å². The molecule has 5 nitrogen and oxygen atoms in total. The average molecular weight is 332 g/mol. The molecular weight excluding hydrogens is 308 g/mol. The predicted octanol–water partition coefficient (Wildman–Crippen LogP) is 1.56. The third-order valence-corrected chi connectivity index (χ3v) is 6.99. The lowest BCUT2D eigenvalue weighted by atomic mass is 9.94. The lowest BCUT2D eigenvalue weighted by molar-refractivity contribution is 0.213. The minimum Gasteiger partial charge on any atom is -0.391 e. The molecule has 2 N–H and O–H groups in total. The summed E-state index contributed by atoms with van der Waals surface area (Å²) in [4.78, 5) is 3.08. The summed E-state index contributed by atoms with van der Waals surface area (Å²) < 4.78 is 27.4. The van der Waals surface area contributed by atoms with Gasteiger partial charge in [-0.2, -0.15) is 0 Å². The first-order valence-electron chi connectivity index (χ1n) is 7.30. The average Bonchev–Trinajstić information content (AvgIpc) is 2.83. The molecule has 0 atom stereocenters. The summed E-state index contributed by atoms with van der Waals surface area (Å²) in [6.45, 7) is 4.19. The number of sulfonamides is 1. The number of aliphatic hydroxyl groups is 1. The van der Waals surface area contributed by atoms with Crippen molar-refractivity contribution in [3.63, 3.8) is 0 Å². The van der Waals surface area contributed by atoms with Crippen molar-refractivity contribution >= 4 is 21.4 Å². The third-order valence-electron chi connectivity index (χ3n) is 4.08. The van der Waals surface area contributed by atoms with Gasteiger partial charge in [0.25, 0.3) is 0 Å². The van der Waals surface area contributed by atoms with Gasteiger partial charge in [0.15, 0.2) is 0 Å². The Kier molecular flexibility index (Phi) is 5.79. The van der Waals surface area contributed by atoms with E-state index in [-0.39, 0.29) is 11.5 Å². The number of hydrogen-bond acceptors (Lipinski definition) is 5. The number of rotatable bonds is 6. The number of likely N-dealkylation sites (tertiary alicyclic amines) is 1. The van der Waals surface area contributed by atoms with Crippen LogP contribution < -0.4 is 4.72 Å². The van der Waals surface area contributed by atoms with Crippen LogP contribution in [-0.2, 0) is 16.6 Å².